The van der Waals surface area contributed by atoms with E-state index in [9.17, 15) is 14.7 Å². The summed E-state index contributed by atoms with van der Waals surface area (Å²) in [6.07, 6.45) is 0.846. The SMILES string of the molecule is CN(C)C(=O)[C@H](C1CC1)N(C(=O)O)C(C)(C)C. The third kappa shape index (κ3) is 3.11. The fourth-order valence-electron chi connectivity index (χ4n) is 2.02. The van der Waals surface area contributed by atoms with Gasteiger partial charge in [-0.15, -0.1) is 0 Å². The second kappa shape index (κ2) is 4.55. The van der Waals surface area contributed by atoms with Crippen molar-refractivity contribution in [3.8, 4) is 0 Å². The second-order valence-electron chi connectivity index (χ2n) is 5.84. The first kappa shape index (κ1) is 13.8. The normalized spacial score (nSPS) is 17.5. The van der Waals surface area contributed by atoms with E-state index in [1.165, 1.54) is 9.80 Å². The predicted octanol–water partition coefficient (Wildman–Crippen LogP) is 1.63. The van der Waals surface area contributed by atoms with Crippen LogP contribution in [0.5, 0.6) is 0 Å². The predicted molar refractivity (Wildman–Crippen MR) is 64.8 cm³/mol. The van der Waals surface area contributed by atoms with Crippen molar-refractivity contribution < 1.29 is 14.7 Å². The van der Waals surface area contributed by atoms with Crippen LogP contribution in [0.3, 0.4) is 0 Å². The van der Waals surface area contributed by atoms with Gasteiger partial charge in [0.1, 0.15) is 6.04 Å². The van der Waals surface area contributed by atoms with E-state index in [1.54, 1.807) is 14.1 Å². The molecule has 1 atom stereocenters. The highest BCUT2D eigenvalue weighted by Gasteiger charge is 2.46. The van der Waals surface area contributed by atoms with E-state index in [-0.39, 0.29) is 11.8 Å². The number of amides is 2. The van der Waals surface area contributed by atoms with Crippen molar-refractivity contribution in [1.82, 2.24) is 9.80 Å². The van der Waals surface area contributed by atoms with E-state index in [4.69, 9.17) is 0 Å². The summed E-state index contributed by atoms with van der Waals surface area (Å²) in [6.45, 7) is 5.46. The molecule has 1 aliphatic carbocycles. The summed E-state index contributed by atoms with van der Waals surface area (Å²) < 4.78 is 0. The first-order valence-electron chi connectivity index (χ1n) is 5.89. The number of hydrogen-bond donors (Lipinski definition) is 1. The van der Waals surface area contributed by atoms with Crippen molar-refractivity contribution in [2.24, 2.45) is 5.92 Å². The van der Waals surface area contributed by atoms with Gasteiger partial charge in [0, 0.05) is 19.6 Å². The molecule has 5 heteroatoms. The largest absolute Gasteiger partial charge is 0.465 e. The minimum atomic E-state index is -1.02. The monoisotopic (exact) mass is 242 g/mol. The lowest BCUT2D eigenvalue weighted by atomic mass is 10.00. The van der Waals surface area contributed by atoms with Crippen LogP contribution in [0.4, 0.5) is 4.79 Å². The first-order valence-corrected chi connectivity index (χ1v) is 5.89. The molecule has 0 unspecified atom stereocenters. The molecule has 0 radical (unpaired) electrons. The maximum Gasteiger partial charge on any atom is 0.408 e. The number of hydrogen-bond acceptors (Lipinski definition) is 2. The minimum absolute atomic E-state index is 0.121. The van der Waals surface area contributed by atoms with Gasteiger partial charge in [-0.1, -0.05) is 0 Å². The molecule has 0 saturated heterocycles. The molecule has 0 bridgehead atoms. The molecule has 5 nitrogen and oxygen atoms in total. The number of likely N-dealkylation sites (N-methyl/N-ethyl adjacent to an activating group) is 1. The van der Waals surface area contributed by atoms with Crippen LogP contribution in [0.15, 0.2) is 0 Å². The molecule has 0 spiro atoms. The fraction of sp³-hybridized carbons (Fsp3) is 0.833. The van der Waals surface area contributed by atoms with Crippen LogP contribution in [0.2, 0.25) is 0 Å². The highest BCUT2D eigenvalue weighted by molar-refractivity contribution is 5.86. The number of nitrogens with zero attached hydrogens (tertiary/aromatic N) is 2. The van der Waals surface area contributed by atoms with Gasteiger partial charge in [-0.25, -0.2) is 4.79 Å². The number of rotatable bonds is 3. The summed E-state index contributed by atoms with van der Waals surface area (Å²) >= 11 is 0. The molecule has 98 valence electrons. The minimum Gasteiger partial charge on any atom is -0.465 e. The van der Waals surface area contributed by atoms with Crippen molar-refractivity contribution in [3.05, 3.63) is 0 Å². The Morgan fingerprint density at radius 1 is 1.24 bits per heavy atom. The van der Waals surface area contributed by atoms with Gasteiger partial charge in [-0.2, -0.15) is 0 Å². The first-order chi connectivity index (χ1) is 7.66. The Balaban J connectivity index is 3.02. The van der Waals surface area contributed by atoms with Crippen LogP contribution in [0, 0.1) is 5.92 Å². The van der Waals surface area contributed by atoms with E-state index >= 15 is 0 Å². The van der Waals surface area contributed by atoms with Crippen LogP contribution in [0.25, 0.3) is 0 Å². The molecular weight excluding hydrogens is 220 g/mol. The Labute approximate surface area is 102 Å². The molecule has 0 aliphatic heterocycles. The van der Waals surface area contributed by atoms with Gasteiger partial charge >= 0.3 is 6.09 Å². The average Bonchev–Trinajstić information content (AvgIpc) is 2.92. The van der Waals surface area contributed by atoms with Crippen LogP contribution in [-0.2, 0) is 4.79 Å². The van der Waals surface area contributed by atoms with E-state index in [0.29, 0.717) is 0 Å². The van der Waals surface area contributed by atoms with Crippen molar-refractivity contribution in [2.45, 2.75) is 45.2 Å². The maximum atomic E-state index is 12.1. The lowest BCUT2D eigenvalue weighted by Gasteiger charge is -2.39. The van der Waals surface area contributed by atoms with Gasteiger partial charge in [0.2, 0.25) is 5.91 Å². The molecule has 1 saturated carbocycles. The lowest BCUT2D eigenvalue weighted by Crippen LogP contribution is -2.57. The Hall–Kier alpha value is -1.26. The average molecular weight is 242 g/mol. The van der Waals surface area contributed by atoms with Gasteiger partial charge in [-0.3, -0.25) is 9.69 Å². The standard InChI is InChI=1S/C12H22N2O3/c1-12(2,3)14(11(16)17)9(8-6-7-8)10(15)13(4)5/h8-9H,6-7H2,1-5H3,(H,16,17)/t9-/m0/s1. The number of carboxylic acid groups (broad SMARTS) is 1. The zero-order chi connectivity index (χ0) is 13.4. The molecule has 0 aromatic carbocycles. The maximum absolute atomic E-state index is 12.1. The summed E-state index contributed by atoms with van der Waals surface area (Å²) in [5.41, 5.74) is -0.565. The van der Waals surface area contributed by atoms with Gasteiger partial charge < -0.3 is 10.0 Å². The summed E-state index contributed by atoms with van der Waals surface area (Å²) in [5.74, 6) is 0.0602. The topological polar surface area (TPSA) is 60.9 Å². The van der Waals surface area contributed by atoms with Crippen LogP contribution < -0.4 is 0 Å². The Kier molecular flexibility index (Phi) is 3.69. The molecule has 1 rings (SSSR count). The third-order valence-corrected chi connectivity index (χ3v) is 2.97. The van der Waals surface area contributed by atoms with Crippen LogP contribution in [-0.4, -0.2) is 52.6 Å². The summed E-state index contributed by atoms with van der Waals surface area (Å²) in [6, 6.07) is -0.539. The zero-order valence-electron chi connectivity index (χ0n) is 11.2. The molecule has 2 amide bonds. The molecule has 0 aromatic rings. The van der Waals surface area contributed by atoms with Crippen LogP contribution in [0.1, 0.15) is 33.6 Å². The molecule has 17 heavy (non-hydrogen) atoms. The summed E-state index contributed by atoms with van der Waals surface area (Å²) in [5, 5.41) is 9.34. The zero-order valence-corrected chi connectivity index (χ0v) is 11.2. The van der Waals surface area contributed by atoms with Crippen LogP contribution >= 0.6 is 0 Å². The number of carbonyl (C=O) groups excluding carboxylic acids is 1. The molecule has 1 aliphatic rings. The molecular formula is C12H22N2O3. The van der Waals surface area contributed by atoms with Gasteiger partial charge in [0.25, 0.3) is 0 Å². The van der Waals surface area contributed by atoms with Gasteiger partial charge in [0.05, 0.1) is 0 Å². The Bertz CT molecular complexity index is 316. The van der Waals surface area contributed by atoms with Crippen molar-refractivity contribution in [3.63, 3.8) is 0 Å². The lowest BCUT2D eigenvalue weighted by molar-refractivity contribution is -0.136. The third-order valence-electron chi connectivity index (χ3n) is 2.97. The van der Waals surface area contributed by atoms with E-state index < -0.39 is 17.7 Å². The quantitative estimate of drug-likeness (QED) is 0.818. The Morgan fingerprint density at radius 2 is 1.71 bits per heavy atom. The number of carbonyl (C=O) groups is 2. The van der Waals surface area contributed by atoms with Gasteiger partial charge in [0.15, 0.2) is 0 Å². The second-order valence-corrected chi connectivity index (χ2v) is 5.84. The molecule has 0 heterocycles. The molecule has 1 N–H and O–H groups in total. The summed E-state index contributed by atoms with van der Waals surface area (Å²) in [4.78, 5) is 26.3. The highest BCUT2D eigenvalue weighted by Crippen LogP contribution is 2.38. The highest BCUT2D eigenvalue weighted by atomic mass is 16.4. The van der Waals surface area contributed by atoms with E-state index in [2.05, 4.69) is 0 Å². The van der Waals surface area contributed by atoms with Crippen molar-refractivity contribution >= 4 is 12.0 Å². The van der Waals surface area contributed by atoms with E-state index in [0.717, 1.165) is 12.8 Å². The van der Waals surface area contributed by atoms with E-state index in [1.807, 2.05) is 20.8 Å². The Morgan fingerprint density at radius 3 is 1.94 bits per heavy atom. The van der Waals surface area contributed by atoms with Crippen molar-refractivity contribution in [2.75, 3.05) is 14.1 Å². The van der Waals surface area contributed by atoms with Gasteiger partial charge in [-0.05, 0) is 39.5 Å². The fourth-order valence-corrected chi connectivity index (χ4v) is 2.02. The molecule has 1 fully saturated rings. The molecule has 0 aromatic heterocycles. The van der Waals surface area contributed by atoms with Crippen molar-refractivity contribution in [1.29, 1.82) is 0 Å². The smallest absolute Gasteiger partial charge is 0.408 e. The summed E-state index contributed by atoms with van der Waals surface area (Å²) in [7, 11) is 3.33.